The molecule has 0 amide bonds. The second-order valence-electron chi connectivity index (χ2n) is 3.18. The first-order chi connectivity index (χ1) is 8.40. The number of hydrogen-bond donors (Lipinski definition) is 0. The number of rotatable bonds is 5. The van der Waals surface area contributed by atoms with Crippen LogP contribution < -0.4 is 4.74 Å². The van der Waals surface area contributed by atoms with Crippen molar-refractivity contribution in [3.63, 3.8) is 0 Å². The molecule has 0 aliphatic rings. The van der Waals surface area contributed by atoms with Crippen molar-refractivity contribution in [3.05, 3.63) is 28.2 Å². The lowest BCUT2D eigenvalue weighted by Crippen LogP contribution is -2.14. The lowest BCUT2D eigenvalue weighted by Gasteiger charge is -2.13. The monoisotopic (exact) mass is 312 g/mol. The molecule has 8 heteroatoms. The van der Waals surface area contributed by atoms with Crippen LogP contribution in [0.15, 0.2) is 18.2 Å². The highest BCUT2D eigenvalue weighted by Gasteiger charge is 2.27. The summed E-state index contributed by atoms with van der Waals surface area (Å²) in [5.41, 5.74) is 0. The Morgan fingerprint density at radius 1 is 1.28 bits per heavy atom. The van der Waals surface area contributed by atoms with Crippen LogP contribution >= 0.6 is 30.8 Å². The van der Waals surface area contributed by atoms with Crippen molar-refractivity contribution in [1.82, 2.24) is 0 Å². The first-order valence-corrected chi connectivity index (χ1v) is 7.25. The molecule has 1 rings (SSSR count). The van der Waals surface area contributed by atoms with Crippen LogP contribution in [0.2, 0.25) is 10.0 Å². The maximum Gasteiger partial charge on any atom is 0.341 e. The van der Waals surface area contributed by atoms with E-state index in [1.807, 2.05) is 0 Å². The molecule has 0 bridgehead atoms. The van der Waals surface area contributed by atoms with Crippen LogP contribution in [0.4, 0.5) is 0 Å². The molecule has 0 saturated carbocycles. The molecule has 0 aromatic heterocycles. The van der Waals surface area contributed by atoms with E-state index in [-0.39, 0.29) is 10.8 Å². The van der Waals surface area contributed by atoms with E-state index in [1.54, 1.807) is 0 Å². The first kappa shape index (κ1) is 15.5. The Morgan fingerprint density at radius 3 is 2.39 bits per heavy atom. The molecule has 0 fully saturated rings. The number of halogens is 2. The van der Waals surface area contributed by atoms with Crippen LogP contribution in [0.5, 0.6) is 5.75 Å². The Balaban J connectivity index is 2.73. The first-order valence-electron chi connectivity index (χ1n) is 4.76. The predicted octanol–water partition coefficient (Wildman–Crippen LogP) is 3.38. The van der Waals surface area contributed by atoms with Crippen LogP contribution in [0.1, 0.15) is 0 Å². The number of hydrogen-bond acceptors (Lipinski definition) is 5. The fraction of sp³-hybridized carbons (Fsp3) is 0.300. The van der Waals surface area contributed by atoms with E-state index in [1.165, 1.54) is 32.4 Å². The Labute approximate surface area is 114 Å². The van der Waals surface area contributed by atoms with E-state index in [2.05, 4.69) is 9.05 Å². The number of benzene rings is 1. The van der Waals surface area contributed by atoms with Gasteiger partial charge in [0, 0.05) is 19.2 Å². The number of carbonyl (C=O) groups is 1. The van der Waals surface area contributed by atoms with E-state index in [9.17, 15) is 9.36 Å². The minimum atomic E-state index is -3.44. The van der Waals surface area contributed by atoms with Crippen molar-refractivity contribution in [2.45, 2.75) is 0 Å². The second-order valence-corrected chi connectivity index (χ2v) is 6.29. The van der Waals surface area contributed by atoms with E-state index in [0.29, 0.717) is 5.02 Å². The number of carbonyl (C=O) groups excluding carboxylic acids is 1. The largest absolute Gasteiger partial charge is 0.424 e. The third-order valence-electron chi connectivity index (χ3n) is 2.00. The van der Waals surface area contributed by atoms with Gasteiger partial charge in [0.25, 0.3) is 0 Å². The highest BCUT2D eigenvalue weighted by atomic mass is 35.5. The molecular weight excluding hydrogens is 302 g/mol. The molecule has 1 aromatic rings. The van der Waals surface area contributed by atoms with Crippen molar-refractivity contribution in [3.8, 4) is 5.75 Å². The summed E-state index contributed by atoms with van der Waals surface area (Å²) in [7, 11) is -1.07. The number of ether oxygens (including phenoxy) is 1. The average molecular weight is 313 g/mol. The van der Waals surface area contributed by atoms with Gasteiger partial charge in [-0.25, -0.2) is 0 Å². The van der Waals surface area contributed by atoms with Gasteiger partial charge in [-0.3, -0.25) is 9.36 Å². The van der Waals surface area contributed by atoms with Crippen LogP contribution in [-0.2, 0) is 18.4 Å². The van der Waals surface area contributed by atoms with Crippen LogP contribution in [0.25, 0.3) is 0 Å². The van der Waals surface area contributed by atoms with Crippen molar-refractivity contribution in [1.29, 1.82) is 0 Å². The van der Waals surface area contributed by atoms with Gasteiger partial charge >= 0.3 is 13.6 Å². The summed E-state index contributed by atoms with van der Waals surface area (Å²) in [6, 6.07) is 4.38. The summed E-state index contributed by atoms with van der Waals surface area (Å²) >= 11 is 11.5. The smallest absolute Gasteiger partial charge is 0.341 e. The van der Waals surface area contributed by atoms with Gasteiger partial charge in [0.05, 0.1) is 5.02 Å². The van der Waals surface area contributed by atoms with E-state index in [4.69, 9.17) is 27.9 Å². The normalized spacial score (nSPS) is 11.3. The fourth-order valence-electron chi connectivity index (χ4n) is 1.07. The maximum atomic E-state index is 11.7. The Hall–Kier alpha value is -0.580. The topological polar surface area (TPSA) is 61.8 Å². The van der Waals surface area contributed by atoms with Crippen LogP contribution in [0, 0.1) is 0 Å². The zero-order valence-corrected chi connectivity index (χ0v) is 12.1. The lowest BCUT2D eigenvalue weighted by molar-refractivity contribution is -0.131. The standard InChI is InChI=1S/C10H11Cl2O5P/c1-15-18(14,16-2)6-10(13)17-9-4-3-7(11)5-8(9)12/h3-5H,6H2,1-2H3. The molecule has 1 aromatic carbocycles. The Morgan fingerprint density at radius 2 is 1.89 bits per heavy atom. The third kappa shape index (κ3) is 4.26. The average Bonchev–Trinajstić information content (AvgIpc) is 2.32. The molecule has 100 valence electrons. The summed E-state index contributed by atoms with van der Waals surface area (Å²) in [4.78, 5) is 11.5. The predicted molar refractivity (Wildman–Crippen MR) is 68.6 cm³/mol. The van der Waals surface area contributed by atoms with Gasteiger partial charge in [0.1, 0.15) is 11.9 Å². The Kier molecular flexibility index (Phi) is 5.63. The molecule has 0 atom stereocenters. The van der Waals surface area contributed by atoms with Gasteiger partial charge in [-0.2, -0.15) is 0 Å². The van der Waals surface area contributed by atoms with Gasteiger partial charge in [0.15, 0.2) is 0 Å². The molecule has 5 nitrogen and oxygen atoms in total. The zero-order valence-electron chi connectivity index (χ0n) is 9.68. The molecule has 0 radical (unpaired) electrons. The molecule has 0 aliphatic heterocycles. The molecule has 18 heavy (non-hydrogen) atoms. The summed E-state index contributed by atoms with van der Waals surface area (Å²) < 4.78 is 25.9. The van der Waals surface area contributed by atoms with Gasteiger partial charge in [0.2, 0.25) is 0 Å². The third-order valence-corrected chi connectivity index (χ3v) is 4.29. The highest BCUT2D eigenvalue weighted by molar-refractivity contribution is 7.54. The van der Waals surface area contributed by atoms with Crippen molar-refractivity contribution in [2.24, 2.45) is 0 Å². The molecule has 0 heterocycles. The lowest BCUT2D eigenvalue weighted by atomic mass is 10.3. The van der Waals surface area contributed by atoms with Crippen LogP contribution in [-0.4, -0.2) is 26.4 Å². The quantitative estimate of drug-likeness (QED) is 0.474. The Bertz CT molecular complexity index is 483. The second kappa shape index (κ2) is 6.55. The van der Waals surface area contributed by atoms with E-state index in [0.717, 1.165) is 0 Å². The minimum Gasteiger partial charge on any atom is -0.424 e. The minimum absolute atomic E-state index is 0.129. The molecular formula is C10H11Cl2O5P. The van der Waals surface area contributed by atoms with Gasteiger partial charge in [-0.1, -0.05) is 23.2 Å². The summed E-state index contributed by atoms with van der Waals surface area (Å²) in [6.45, 7) is 0. The fourth-order valence-corrected chi connectivity index (χ4v) is 2.31. The SMILES string of the molecule is COP(=O)(CC(=O)Oc1ccc(Cl)cc1Cl)OC. The molecule has 0 aliphatic carbocycles. The zero-order chi connectivity index (χ0) is 13.8. The van der Waals surface area contributed by atoms with E-state index >= 15 is 0 Å². The van der Waals surface area contributed by atoms with Gasteiger partial charge in [-0.05, 0) is 18.2 Å². The molecule has 0 N–H and O–H groups in total. The number of esters is 1. The van der Waals surface area contributed by atoms with Crippen molar-refractivity contribution >= 4 is 36.8 Å². The molecule has 0 spiro atoms. The van der Waals surface area contributed by atoms with Gasteiger partial charge in [-0.15, -0.1) is 0 Å². The van der Waals surface area contributed by atoms with Crippen LogP contribution in [0.3, 0.4) is 0 Å². The summed E-state index contributed by atoms with van der Waals surface area (Å²) in [5, 5.41) is 0.597. The molecule has 0 unspecified atom stereocenters. The maximum absolute atomic E-state index is 11.7. The molecule has 0 saturated heterocycles. The summed E-state index contributed by atoms with van der Waals surface area (Å²) in [5.74, 6) is -0.643. The summed E-state index contributed by atoms with van der Waals surface area (Å²) in [6.07, 6.45) is -0.501. The van der Waals surface area contributed by atoms with Crippen molar-refractivity contribution in [2.75, 3.05) is 20.4 Å². The highest BCUT2D eigenvalue weighted by Crippen LogP contribution is 2.46. The van der Waals surface area contributed by atoms with Gasteiger partial charge < -0.3 is 13.8 Å². The van der Waals surface area contributed by atoms with E-state index < -0.39 is 19.7 Å². The van der Waals surface area contributed by atoms with Crippen molar-refractivity contribution < 1.29 is 23.1 Å².